The number of unbranched alkanes of at least 4 members (excludes halogenated alkanes) is 24. The second-order valence-electron chi connectivity index (χ2n) is 28.3. The Hall–Kier alpha value is -5.14. The number of amides is 2. The van der Waals surface area contributed by atoms with E-state index >= 15 is 0 Å². The van der Waals surface area contributed by atoms with Gasteiger partial charge < -0.3 is 53.1 Å². The molecule has 0 radical (unpaired) electrons. The first kappa shape index (κ1) is 95.9. The molecular weight excluding hydrogens is 1370 g/mol. The van der Waals surface area contributed by atoms with Crippen LogP contribution in [0.25, 0.3) is 4.85 Å². The Bertz CT molecular complexity index is 3120. The number of rotatable bonds is 50. The number of aromatic amines is 2. The number of carbonyl (C=O) groups excluding carboxylic acids is 2. The second-order valence-corrected chi connectivity index (χ2v) is 31.3. The average Bonchev–Trinajstić information content (AvgIpc) is 1.64. The van der Waals surface area contributed by atoms with Crippen molar-refractivity contribution < 1.29 is 47.2 Å². The number of ether oxygens (including phenoxy) is 4. The Morgan fingerprint density at radius 2 is 0.952 bits per heavy atom. The van der Waals surface area contributed by atoms with E-state index in [0.29, 0.717) is 62.9 Å². The normalized spacial score (nSPS) is 18.7. The molecule has 2 aromatic heterocycles. The molecule has 4 heterocycles. The molecular formula is C79H136N10O14P2. The fourth-order valence-corrected chi connectivity index (χ4v) is 16.2. The molecule has 0 aliphatic carbocycles. The molecule has 2 saturated heterocycles. The van der Waals surface area contributed by atoms with Gasteiger partial charge in [-0.25, -0.2) is 25.5 Å². The number of hydrogen-bond donors (Lipinski definition) is 5. The summed E-state index contributed by atoms with van der Waals surface area (Å²) in [6.07, 6.45) is 32.4. The first-order valence-electron chi connectivity index (χ1n) is 39.5. The summed E-state index contributed by atoms with van der Waals surface area (Å²) in [5.74, 6) is 11.0. The molecule has 2 aliphatic heterocycles. The van der Waals surface area contributed by atoms with E-state index in [1.807, 2.05) is 13.8 Å². The van der Waals surface area contributed by atoms with Crippen molar-refractivity contribution in [2.45, 2.75) is 355 Å². The number of hydrogen-bond acceptors (Lipinski definition) is 17. The molecule has 0 aromatic carbocycles. The van der Waals surface area contributed by atoms with E-state index in [-0.39, 0.29) is 55.3 Å². The van der Waals surface area contributed by atoms with Crippen molar-refractivity contribution in [1.82, 2.24) is 39.1 Å². The number of nitrogens with zero attached hydrogens (tertiary/aromatic N) is 6. The molecule has 0 bridgehead atoms. The Balaban J connectivity index is 0.000000575. The number of H-pyrrole nitrogens is 2. The van der Waals surface area contributed by atoms with Crippen LogP contribution in [0.1, 0.15) is 306 Å². The molecule has 0 spiro atoms. The number of aliphatic hydroxyl groups is 1. The summed E-state index contributed by atoms with van der Waals surface area (Å²) in [7, 11) is 0.787. The molecule has 26 heteroatoms. The van der Waals surface area contributed by atoms with Crippen molar-refractivity contribution in [3.05, 3.63) is 76.6 Å². The van der Waals surface area contributed by atoms with E-state index in [4.69, 9.17) is 44.4 Å². The van der Waals surface area contributed by atoms with Gasteiger partial charge in [0.2, 0.25) is 18.4 Å². The van der Waals surface area contributed by atoms with Crippen LogP contribution in [0.2, 0.25) is 0 Å². The molecule has 4 rings (SSSR count). The molecule has 596 valence electrons. The van der Waals surface area contributed by atoms with Crippen molar-refractivity contribution in [1.29, 1.82) is 5.26 Å². The van der Waals surface area contributed by atoms with Gasteiger partial charge in [-0.15, -0.1) is 0 Å². The smallest absolute Gasteiger partial charge is 0.330 e. The quantitative estimate of drug-likeness (QED) is 0.0178. The number of nitriles is 1. The average molecular weight is 1510 g/mol. The van der Waals surface area contributed by atoms with Gasteiger partial charge >= 0.3 is 11.4 Å². The maximum Gasteiger partial charge on any atom is 0.330 e. The Morgan fingerprint density at radius 1 is 0.581 bits per heavy atom. The molecule has 2 fully saturated rings. The van der Waals surface area contributed by atoms with Crippen LogP contribution in [0.5, 0.6) is 0 Å². The Kier molecular flexibility index (Phi) is 52.9. The Labute approximate surface area is 632 Å². The second kappa shape index (κ2) is 57.9. The number of methoxy groups -OCH3 is 2. The minimum absolute atomic E-state index is 0.0619. The third kappa shape index (κ3) is 37.7. The molecule has 5 N–H and O–H groups in total. The largest absolute Gasteiger partial charge is 0.388 e. The van der Waals surface area contributed by atoms with E-state index < -0.39 is 82.3 Å². The molecule has 105 heavy (non-hydrogen) atoms. The van der Waals surface area contributed by atoms with Crippen molar-refractivity contribution >= 4 is 28.6 Å². The zero-order chi connectivity index (χ0) is 77.9. The van der Waals surface area contributed by atoms with Gasteiger partial charge in [0.05, 0.1) is 44.4 Å². The first-order chi connectivity index (χ1) is 50.5. The fraction of sp³-hybridized carbons (Fsp3) is 0.797. The summed E-state index contributed by atoms with van der Waals surface area (Å²) in [5, 5.41) is 24.7. The number of nitrogens with one attached hydrogen (secondary N) is 4. The van der Waals surface area contributed by atoms with E-state index in [2.05, 4.69) is 134 Å². The summed E-state index contributed by atoms with van der Waals surface area (Å²) in [5.41, 5.74) is -2.44. The SMILES string of the molecule is CC(C)N(C(C)C)P(OCCC#N)N(C(C)C)C(C)C.CCCCCCCCCCCCCCCC(=O)NCC#Cc1cn([C@@H]2O[C@H](CC)C(O)[C@@H]2OC)c(=O)[nH]c1=O.[C-]#[N+]CCOP(C)OC1[C@@H](CC)O[C@@H](n2cc(C#CCNC(=O)CCCCCCCCCCCCCCC)c(=O)[nH]c2=O)[C@H]1OC. The van der Waals surface area contributed by atoms with E-state index in [1.54, 1.807) is 6.66 Å². The minimum atomic E-state index is -1.31. The number of aromatic nitrogens is 4. The Morgan fingerprint density at radius 3 is 1.30 bits per heavy atom. The van der Waals surface area contributed by atoms with Crippen LogP contribution >= 0.6 is 16.8 Å². The van der Waals surface area contributed by atoms with Gasteiger partial charge in [-0.1, -0.05) is 205 Å². The lowest BCUT2D eigenvalue weighted by atomic mass is 10.0. The van der Waals surface area contributed by atoms with Crippen molar-refractivity contribution in [3.8, 4) is 29.8 Å². The zero-order valence-electron chi connectivity index (χ0n) is 66.9. The van der Waals surface area contributed by atoms with E-state index in [1.165, 1.54) is 164 Å². The molecule has 9 atom stereocenters. The molecule has 0 saturated carbocycles. The summed E-state index contributed by atoms with van der Waals surface area (Å²) < 4.78 is 48.2. The highest BCUT2D eigenvalue weighted by atomic mass is 31.2. The lowest BCUT2D eigenvalue weighted by molar-refractivity contribution is -0.121. The van der Waals surface area contributed by atoms with Crippen LogP contribution in [0.4, 0.5) is 0 Å². The van der Waals surface area contributed by atoms with E-state index in [9.17, 15) is 33.9 Å². The molecule has 2 aromatic rings. The van der Waals surface area contributed by atoms with Crippen LogP contribution in [0.3, 0.4) is 0 Å². The molecule has 24 nitrogen and oxygen atoms in total. The fourth-order valence-electron chi connectivity index (χ4n) is 12.9. The van der Waals surface area contributed by atoms with Crippen molar-refractivity contribution in [2.24, 2.45) is 0 Å². The summed E-state index contributed by atoms with van der Waals surface area (Å²) >= 11 is 0. The standard InChI is InChI=1S/C34H55N4O7P.C30H49N3O6.C15H32N3OP/c1-6-8-9-10-11-12-13-14-15-16-17-18-19-22-29(39)36-23-20-21-27-26-38(34(41)37-32(27)40)33-31(42-4)30(28(7-2)44-33)45-46(5)43-25-24-35-3;1-4-6-7-8-9-10-11-12-13-14-15-16-17-20-25(34)31-21-18-19-23-22-33(30(37)32-28(23)36)29-27(38-3)26(35)24(5-2)39-29;1-12(2)17(13(3)4)20(19-11-9-10-16)18(14(5)6)15(7)8/h26,28,30-31,33H,6-19,22-25H2,1-2,4-5H3,(H,36,39)(H,37,40,41);22,24,26-27,29,35H,4-17,20-21H2,1-3H3,(H,31,34)(H,32,36,37);12-15H,9,11H2,1-8H3/t28-,30?,31+,33-,46?;24-,26?,27+,29-;/m11./s1. The highest BCUT2D eigenvalue weighted by Gasteiger charge is 2.48. The van der Waals surface area contributed by atoms with Crippen LogP contribution in [0, 0.1) is 41.6 Å². The summed E-state index contributed by atoms with van der Waals surface area (Å²) in [6.45, 7) is 35.9. The predicted molar refractivity (Wildman–Crippen MR) is 422 cm³/mol. The van der Waals surface area contributed by atoms with Crippen molar-refractivity contribution in [2.75, 3.05) is 53.7 Å². The summed E-state index contributed by atoms with van der Waals surface area (Å²) in [6, 6.07) is 3.84. The highest BCUT2D eigenvalue weighted by molar-refractivity contribution is 7.47. The van der Waals surface area contributed by atoms with Crippen LogP contribution in [0.15, 0.2) is 31.6 Å². The van der Waals surface area contributed by atoms with Gasteiger partial charge in [0.1, 0.15) is 42.1 Å². The van der Waals surface area contributed by atoms with Gasteiger partial charge in [-0.2, -0.15) is 5.26 Å². The molecule has 2 aliphatic rings. The number of carbonyl (C=O) groups is 2. The first-order valence-corrected chi connectivity index (χ1v) is 42.3. The third-order valence-corrected chi connectivity index (χ3v) is 22.5. The van der Waals surface area contributed by atoms with Gasteiger partial charge in [0.25, 0.3) is 11.1 Å². The van der Waals surface area contributed by atoms with Crippen LogP contribution in [-0.4, -0.2) is 160 Å². The topological polar surface area (TPSA) is 287 Å². The maximum absolute atomic E-state index is 12.8. The van der Waals surface area contributed by atoms with Crippen LogP contribution < -0.4 is 33.1 Å². The lowest BCUT2D eigenvalue weighted by Gasteiger charge is -2.45. The molecule has 3 unspecified atom stereocenters. The van der Waals surface area contributed by atoms with Gasteiger partial charge in [0.15, 0.2) is 29.3 Å². The van der Waals surface area contributed by atoms with E-state index in [0.717, 1.165) is 38.5 Å². The number of aliphatic hydroxyl groups excluding tert-OH is 1. The van der Waals surface area contributed by atoms with Gasteiger partial charge in [-0.05, 0) is 81.1 Å². The maximum atomic E-state index is 12.8. The van der Waals surface area contributed by atoms with Crippen LogP contribution in [-0.2, 0) is 42.1 Å². The third-order valence-electron chi connectivity index (χ3n) is 18.3. The lowest BCUT2D eigenvalue weighted by Crippen LogP contribution is -2.43. The summed E-state index contributed by atoms with van der Waals surface area (Å²) in [4.78, 5) is 82.1. The minimum Gasteiger partial charge on any atom is -0.388 e. The van der Waals surface area contributed by atoms with Gasteiger partial charge in [-0.3, -0.25) is 38.3 Å². The highest BCUT2D eigenvalue weighted by Crippen LogP contribution is 2.51. The monoisotopic (exact) mass is 1510 g/mol. The molecule has 2 amide bonds. The zero-order valence-corrected chi connectivity index (χ0v) is 68.7. The van der Waals surface area contributed by atoms with Crippen molar-refractivity contribution in [3.63, 3.8) is 0 Å². The predicted octanol–water partition coefficient (Wildman–Crippen LogP) is 14.6. The van der Waals surface area contributed by atoms with Gasteiger partial charge in [0, 0.05) is 70.3 Å².